The molecule has 5 nitrogen and oxygen atoms in total. The molecule has 1 heterocycles. The van der Waals surface area contributed by atoms with E-state index >= 15 is 0 Å². The molecule has 3 rings (SSSR count). The predicted octanol–water partition coefficient (Wildman–Crippen LogP) is 4.23. The van der Waals surface area contributed by atoms with Gasteiger partial charge >= 0.3 is 0 Å². The number of carbonyl (C=O) groups excluding carboxylic acids is 1. The van der Waals surface area contributed by atoms with Gasteiger partial charge in [-0.1, -0.05) is 17.7 Å². The van der Waals surface area contributed by atoms with Crippen molar-refractivity contribution in [3.63, 3.8) is 0 Å². The molecular formula is C18H15ClFN3O2. The van der Waals surface area contributed by atoms with Gasteiger partial charge in [0.05, 0.1) is 35.9 Å². The first kappa shape index (κ1) is 17.0. The van der Waals surface area contributed by atoms with Gasteiger partial charge in [-0.25, -0.2) is 9.07 Å². The van der Waals surface area contributed by atoms with Crippen molar-refractivity contribution in [3.05, 3.63) is 70.8 Å². The van der Waals surface area contributed by atoms with Crippen molar-refractivity contribution in [1.29, 1.82) is 0 Å². The highest BCUT2D eigenvalue weighted by molar-refractivity contribution is 6.30. The first-order valence-corrected chi connectivity index (χ1v) is 7.83. The molecule has 0 aliphatic heterocycles. The van der Waals surface area contributed by atoms with Crippen LogP contribution >= 0.6 is 11.6 Å². The maximum Gasteiger partial charge on any atom is 0.258 e. The van der Waals surface area contributed by atoms with Gasteiger partial charge in [-0.15, -0.1) is 0 Å². The van der Waals surface area contributed by atoms with Gasteiger partial charge in [0.2, 0.25) is 0 Å². The van der Waals surface area contributed by atoms with Crippen molar-refractivity contribution in [2.45, 2.75) is 6.92 Å². The maximum atomic E-state index is 14.0. The van der Waals surface area contributed by atoms with E-state index in [0.717, 1.165) is 11.8 Å². The lowest BCUT2D eigenvalue weighted by atomic mass is 10.2. The molecule has 128 valence electrons. The second-order valence-electron chi connectivity index (χ2n) is 5.34. The van der Waals surface area contributed by atoms with Crippen LogP contribution < -0.4 is 10.1 Å². The third-order valence-corrected chi connectivity index (χ3v) is 3.97. The zero-order chi connectivity index (χ0) is 18.0. The molecule has 7 heteroatoms. The Morgan fingerprint density at radius 2 is 2.08 bits per heavy atom. The first-order chi connectivity index (χ1) is 12.0. The number of hydrogen-bond donors (Lipinski definition) is 1. The number of hydrogen-bond acceptors (Lipinski definition) is 3. The number of nitrogens with zero attached hydrogens (tertiary/aromatic N) is 2. The lowest BCUT2D eigenvalue weighted by Crippen LogP contribution is -2.14. The van der Waals surface area contributed by atoms with Crippen LogP contribution in [-0.2, 0) is 0 Å². The molecule has 0 aliphatic rings. The number of methoxy groups -OCH3 is 1. The van der Waals surface area contributed by atoms with E-state index in [-0.39, 0.29) is 5.56 Å². The zero-order valence-corrected chi connectivity index (χ0v) is 14.3. The molecule has 0 spiro atoms. The zero-order valence-electron chi connectivity index (χ0n) is 13.6. The van der Waals surface area contributed by atoms with Crippen molar-refractivity contribution in [2.75, 3.05) is 12.4 Å². The topological polar surface area (TPSA) is 56.1 Å². The molecular weight excluding hydrogens is 345 g/mol. The van der Waals surface area contributed by atoms with Gasteiger partial charge in [0.15, 0.2) is 0 Å². The number of halogens is 2. The van der Waals surface area contributed by atoms with Gasteiger partial charge in [-0.3, -0.25) is 4.79 Å². The largest absolute Gasteiger partial charge is 0.497 e. The van der Waals surface area contributed by atoms with Crippen molar-refractivity contribution in [2.24, 2.45) is 0 Å². The molecule has 2 aromatic carbocycles. The fourth-order valence-corrected chi connectivity index (χ4v) is 2.58. The average Bonchev–Trinajstić information content (AvgIpc) is 2.95. The second-order valence-corrected chi connectivity index (χ2v) is 5.77. The van der Waals surface area contributed by atoms with E-state index < -0.39 is 11.7 Å². The first-order valence-electron chi connectivity index (χ1n) is 7.45. The van der Waals surface area contributed by atoms with Crippen LogP contribution in [0.15, 0.2) is 48.7 Å². The smallest absolute Gasteiger partial charge is 0.258 e. The van der Waals surface area contributed by atoms with Crippen LogP contribution in [0.3, 0.4) is 0 Å². The summed E-state index contributed by atoms with van der Waals surface area (Å²) >= 11 is 6.00. The molecule has 25 heavy (non-hydrogen) atoms. The number of amides is 1. The number of ether oxygens (including phenoxy) is 1. The Bertz CT molecular complexity index is 940. The highest BCUT2D eigenvalue weighted by Gasteiger charge is 2.16. The molecule has 0 unspecified atom stereocenters. The van der Waals surface area contributed by atoms with Crippen LogP contribution in [0.4, 0.5) is 10.1 Å². The molecule has 1 amide bonds. The Labute approximate surface area is 149 Å². The normalized spacial score (nSPS) is 10.6. The third-order valence-electron chi connectivity index (χ3n) is 3.73. The highest BCUT2D eigenvalue weighted by atomic mass is 35.5. The predicted molar refractivity (Wildman–Crippen MR) is 94.2 cm³/mol. The fraction of sp³-hybridized carbons (Fsp3) is 0.111. The molecule has 0 atom stereocenters. The van der Waals surface area contributed by atoms with Gasteiger partial charge in [0.25, 0.3) is 5.91 Å². The summed E-state index contributed by atoms with van der Waals surface area (Å²) in [4.78, 5) is 12.3. The van der Waals surface area contributed by atoms with Gasteiger partial charge < -0.3 is 10.1 Å². The standard InChI is InChI=1S/C18H15ClFN3O2/c1-11-17(10-21-23(11)13-5-3-4-12(19)8-13)22-18(24)15-7-6-14(25-2)9-16(15)20/h3-10H,1-2H3,(H,22,24). The number of carbonyl (C=O) groups is 1. The fourth-order valence-electron chi connectivity index (χ4n) is 2.40. The Hall–Kier alpha value is -2.86. The Morgan fingerprint density at radius 3 is 2.76 bits per heavy atom. The summed E-state index contributed by atoms with van der Waals surface area (Å²) in [6, 6.07) is 11.2. The van der Waals surface area contributed by atoms with E-state index in [0.29, 0.717) is 22.2 Å². The minimum absolute atomic E-state index is 0.0734. The summed E-state index contributed by atoms with van der Waals surface area (Å²) in [5.41, 5.74) is 1.88. The van der Waals surface area contributed by atoms with Crippen molar-refractivity contribution >= 4 is 23.2 Å². The summed E-state index contributed by atoms with van der Waals surface area (Å²) in [6.07, 6.45) is 1.51. The molecule has 1 aromatic heterocycles. The molecule has 0 fully saturated rings. The summed E-state index contributed by atoms with van der Waals surface area (Å²) in [6.45, 7) is 1.80. The monoisotopic (exact) mass is 359 g/mol. The molecule has 3 aromatic rings. The van der Waals surface area contributed by atoms with E-state index in [1.165, 1.54) is 25.4 Å². The summed E-state index contributed by atoms with van der Waals surface area (Å²) in [5, 5.41) is 7.51. The van der Waals surface area contributed by atoms with E-state index in [1.54, 1.807) is 23.7 Å². The Balaban J connectivity index is 1.85. The molecule has 0 saturated carbocycles. The minimum Gasteiger partial charge on any atom is -0.497 e. The van der Waals surface area contributed by atoms with Crippen LogP contribution in [0.1, 0.15) is 16.1 Å². The Kier molecular flexibility index (Phi) is 4.72. The molecule has 0 radical (unpaired) electrons. The van der Waals surface area contributed by atoms with Gasteiger partial charge in [-0.05, 0) is 37.3 Å². The lowest BCUT2D eigenvalue weighted by Gasteiger charge is -2.08. The molecule has 0 bridgehead atoms. The van der Waals surface area contributed by atoms with Crippen LogP contribution in [-0.4, -0.2) is 22.8 Å². The maximum absolute atomic E-state index is 14.0. The van der Waals surface area contributed by atoms with Crippen LogP contribution in [0.2, 0.25) is 5.02 Å². The van der Waals surface area contributed by atoms with E-state index in [2.05, 4.69) is 10.4 Å². The van der Waals surface area contributed by atoms with Gasteiger partial charge in [0.1, 0.15) is 11.6 Å². The van der Waals surface area contributed by atoms with Crippen molar-refractivity contribution < 1.29 is 13.9 Å². The molecule has 0 aliphatic carbocycles. The molecule has 0 saturated heterocycles. The minimum atomic E-state index is -0.656. The summed E-state index contributed by atoms with van der Waals surface area (Å²) in [5.74, 6) is -0.871. The number of benzene rings is 2. The van der Waals surface area contributed by atoms with E-state index in [4.69, 9.17) is 16.3 Å². The number of nitrogens with one attached hydrogen (secondary N) is 1. The quantitative estimate of drug-likeness (QED) is 0.758. The number of anilines is 1. The lowest BCUT2D eigenvalue weighted by molar-refractivity contribution is 0.102. The average molecular weight is 360 g/mol. The van der Waals surface area contributed by atoms with E-state index in [1.807, 2.05) is 12.1 Å². The highest BCUT2D eigenvalue weighted by Crippen LogP contribution is 2.22. The van der Waals surface area contributed by atoms with E-state index in [9.17, 15) is 9.18 Å². The Morgan fingerprint density at radius 1 is 1.28 bits per heavy atom. The van der Waals surface area contributed by atoms with Crippen LogP contribution in [0.25, 0.3) is 5.69 Å². The van der Waals surface area contributed by atoms with Crippen molar-refractivity contribution in [1.82, 2.24) is 9.78 Å². The number of aromatic nitrogens is 2. The summed E-state index contributed by atoms with van der Waals surface area (Å²) < 4.78 is 20.6. The summed E-state index contributed by atoms with van der Waals surface area (Å²) in [7, 11) is 1.43. The second kappa shape index (κ2) is 6.94. The molecule has 1 N–H and O–H groups in total. The van der Waals surface area contributed by atoms with Crippen LogP contribution in [0, 0.1) is 12.7 Å². The van der Waals surface area contributed by atoms with Gasteiger partial charge in [-0.2, -0.15) is 5.10 Å². The third kappa shape index (κ3) is 3.49. The number of rotatable bonds is 4. The van der Waals surface area contributed by atoms with Crippen LogP contribution in [0.5, 0.6) is 5.75 Å². The van der Waals surface area contributed by atoms with Crippen molar-refractivity contribution in [3.8, 4) is 11.4 Å². The van der Waals surface area contributed by atoms with Gasteiger partial charge in [0, 0.05) is 11.1 Å². The SMILES string of the molecule is COc1ccc(C(=O)Nc2cnn(-c3cccc(Cl)c3)c2C)c(F)c1.